The topological polar surface area (TPSA) is 80.0 Å². The van der Waals surface area contributed by atoms with Gasteiger partial charge < -0.3 is 16.4 Å². The molecule has 1 aromatic carbocycles. The minimum atomic E-state index is -0.0893. The number of anilines is 2. The van der Waals surface area contributed by atoms with Gasteiger partial charge in [0.25, 0.3) is 5.91 Å². The van der Waals surface area contributed by atoms with Crippen LogP contribution in [0, 0.1) is 0 Å². The summed E-state index contributed by atoms with van der Waals surface area (Å²) in [6, 6.07) is 5.27. The molecule has 4 N–H and O–H groups in total. The molecule has 1 unspecified atom stereocenters. The molecule has 1 atom stereocenters. The summed E-state index contributed by atoms with van der Waals surface area (Å²) in [5.74, 6) is 0.200. The molecule has 1 amide bonds. The summed E-state index contributed by atoms with van der Waals surface area (Å²) in [7, 11) is 0. The minimum absolute atomic E-state index is 0.0893. The Balaban J connectivity index is 2.05. The lowest BCUT2D eigenvalue weighted by Gasteiger charge is -2.14. The van der Waals surface area contributed by atoms with Crippen LogP contribution in [0.25, 0.3) is 0 Å². The van der Waals surface area contributed by atoms with Gasteiger partial charge >= 0.3 is 0 Å². The number of hydrogen-bond acceptors (Lipinski definition) is 5. The van der Waals surface area contributed by atoms with E-state index in [1.807, 2.05) is 12.3 Å². The van der Waals surface area contributed by atoms with Crippen LogP contribution in [0.4, 0.5) is 11.4 Å². The minimum Gasteiger partial charge on any atom is -0.397 e. The molecule has 1 aromatic heterocycles. The van der Waals surface area contributed by atoms with Crippen LogP contribution in [0.5, 0.6) is 0 Å². The van der Waals surface area contributed by atoms with Gasteiger partial charge in [-0.05, 0) is 25.1 Å². The zero-order chi connectivity index (χ0) is 15.2. The van der Waals surface area contributed by atoms with E-state index in [4.69, 9.17) is 5.73 Å². The number of thiazole rings is 1. The maximum absolute atomic E-state index is 11.8. The number of benzene rings is 1. The monoisotopic (exact) mass is 304 g/mol. The highest BCUT2D eigenvalue weighted by atomic mass is 32.1. The van der Waals surface area contributed by atoms with E-state index in [1.54, 1.807) is 35.7 Å². The number of nitrogens with one attached hydrogen (secondary N) is 2. The van der Waals surface area contributed by atoms with Gasteiger partial charge in [0.15, 0.2) is 0 Å². The number of carbonyl (C=O) groups excluding carboxylic acids is 1. The Kier molecular flexibility index (Phi) is 5.16. The third-order valence-electron chi connectivity index (χ3n) is 3.12. The quantitative estimate of drug-likeness (QED) is 0.717. The van der Waals surface area contributed by atoms with Crippen molar-refractivity contribution in [2.75, 3.05) is 24.1 Å². The molecule has 5 nitrogen and oxygen atoms in total. The second-order valence-corrected chi connectivity index (χ2v) is 5.74. The molecule has 0 fully saturated rings. The van der Waals surface area contributed by atoms with Crippen LogP contribution >= 0.6 is 11.3 Å². The molecule has 0 spiro atoms. The van der Waals surface area contributed by atoms with E-state index < -0.39 is 0 Å². The molecular formula is C15H20N4OS. The summed E-state index contributed by atoms with van der Waals surface area (Å²) in [6.45, 7) is 5.32. The summed E-state index contributed by atoms with van der Waals surface area (Å²) in [5, 5.41) is 9.13. The van der Waals surface area contributed by atoms with Gasteiger partial charge in [-0.2, -0.15) is 0 Å². The molecule has 0 saturated carbocycles. The Bertz CT molecular complexity index is 598. The number of aromatic nitrogens is 1. The van der Waals surface area contributed by atoms with Gasteiger partial charge in [-0.15, -0.1) is 11.3 Å². The van der Waals surface area contributed by atoms with Crippen LogP contribution in [-0.4, -0.2) is 24.0 Å². The van der Waals surface area contributed by atoms with E-state index in [1.165, 1.54) is 0 Å². The van der Waals surface area contributed by atoms with Crippen LogP contribution in [-0.2, 0) is 0 Å². The van der Waals surface area contributed by atoms with E-state index in [9.17, 15) is 4.79 Å². The van der Waals surface area contributed by atoms with Crippen molar-refractivity contribution >= 4 is 28.6 Å². The van der Waals surface area contributed by atoms with Crippen LogP contribution in [0.1, 0.15) is 35.1 Å². The Morgan fingerprint density at radius 3 is 2.95 bits per heavy atom. The number of nitrogens with two attached hydrogens (primary N) is 1. The zero-order valence-electron chi connectivity index (χ0n) is 12.2. The van der Waals surface area contributed by atoms with Crippen LogP contribution in [0.15, 0.2) is 29.8 Å². The molecule has 0 bridgehead atoms. The molecule has 6 heteroatoms. The lowest BCUT2D eigenvalue weighted by Crippen LogP contribution is -2.23. The first kappa shape index (κ1) is 15.3. The summed E-state index contributed by atoms with van der Waals surface area (Å²) >= 11 is 1.64. The number of carbonyl (C=O) groups is 1. The number of hydrogen-bond donors (Lipinski definition) is 3. The summed E-state index contributed by atoms with van der Waals surface area (Å²) in [5.41, 5.74) is 7.98. The third-order valence-corrected chi connectivity index (χ3v) is 4.13. The zero-order valence-corrected chi connectivity index (χ0v) is 13.0. The van der Waals surface area contributed by atoms with Crippen molar-refractivity contribution in [1.82, 2.24) is 10.3 Å². The fraction of sp³-hybridized carbons (Fsp3) is 0.333. The van der Waals surface area contributed by atoms with Crippen molar-refractivity contribution in [1.29, 1.82) is 0 Å². The van der Waals surface area contributed by atoms with Crippen molar-refractivity contribution in [2.45, 2.75) is 19.8 Å². The van der Waals surface area contributed by atoms with Gasteiger partial charge in [0.05, 0.1) is 16.4 Å². The second-order valence-electron chi connectivity index (χ2n) is 4.81. The van der Waals surface area contributed by atoms with Crippen LogP contribution < -0.4 is 16.4 Å². The molecule has 0 aliphatic carbocycles. The number of nitrogen functional groups attached to an aromatic ring is 1. The van der Waals surface area contributed by atoms with Gasteiger partial charge in [-0.3, -0.25) is 4.79 Å². The lowest BCUT2D eigenvalue weighted by molar-refractivity contribution is 0.0956. The predicted molar refractivity (Wildman–Crippen MR) is 87.9 cm³/mol. The second kappa shape index (κ2) is 7.08. The molecule has 0 radical (unpaired) electrons. The molecule has 112 valence electrons. The largest absolute Gasteiger partial charge is 0.397 e. The highest BCUT2D eigenvalue weighted by molar-refractivity contribution is 7.09. The first-order valence-corrected chi connectivity index (χ1v) is 7.80. The van der Waals surface area contributed by atoms with E-state index in [0.717, 1.165) is 17.2 Å². The third kappa shape index (κ3) is 3.95. The fourth-order valence-electron chi connectivity index (χ4n) is 1.94. The van der Waals surface area contributed by atoms with Crippen molar-refractivity contribution in [3.8, 4) is 0 Å². The van der Waals surface area contributed by atoms with Crippen LogP contribution in [0.3, 0.4) is 0 Å². The first-order valence-electron chi connectivity index (χ1n) is 6.92. The summed E-state index contributed by atoms with van der Waals surface area (Å²) < 4.78 is 0. The Hall–Kier alpha value is -2.08. The number of amides is 1. The van der Waals surface area contributed by atoms with E-state index in [-0.39, 0.29) is 11.8 Å². The number of nitrogens with zero attached hydrogens (tertiary/aromatic N) is 1. The van der Waals surface area contributed by atoms with E-state index in [2.05, 4.69) is 22.5 Å². The Morgan fingerprint density at radius 1 is 1.48 bits per heavy atom. The van der Waals surface area contributed by atoms with E-state index in [0.29, 0.717) is 17.8 Å². The molecule has 2 aromatic rings. The molecular weight excluding hydrogens is 284 g/mol. The van der Waals surface area contributed by atoms with Crippen molar-refractivity contribution in [3.63, 3.8) is 0 Å². The molecule has 21 heavy (non-hydrogen) atoms. The van der Waals surface area contributed by atoms with Crippen LogP contribution in [0.2, 0.25) is 0 Å². The molecule has 0 aliphatic heterocycles. The maximum atomic E-state index is 11.8. The highest BCUT2D eigenvalue weighted by Gasteiger charge is 2.11. The molecule has 1 heterocycles. The van der Waals surface area contributed by atoms with Gasteiger partial charge in [0.1, 0.15) is 0 Å². The van der Waals surface area contributed by atoms with Gasteiger partial charge in [0, 0.05) is 36.1 Å². The predicted octanol–water partition coefficient (Wildman–Crippen LogP) is 2.69. The average Bonchev–Trinajstić information content (AvgIpc) is 3.00. The lowest BCUT2D eigenvalue weighted by atomic mass is 10.1. The van der Waals surface area contributed by atoms with Crippen molar-refractivity contribution in [2.24, 2.45) is 0 Å². The Morgan fingerprint density at radius 2 is 2.29 bits per heavy atom. The maximum Gasteiger partial charge on any atom is 0.251 e. The summed E-state index contributed by atoms with van der Waals surface area (Å²) in [4.78, 5) is 16.1. The average molecular weight is 304 g/mol. The smallest absolute Gasteiger partial charge is 0.251 e. The standard InChI is InChI=1S/C15H20N4OS/c1-3-17-14(20)11-4-5-12(16)13(8-11)19-9-10(2)15-18-6-7-21-15/h4-8,10,19H,3,9,16H2,1-2H3,(H,17,20). The van der Waals surface area contributed by atoms with Crippen molar-refractivity contribution in [3.05, 3.63) is 40.3 Å². The van der Waals surface area contributed by atoms with Gasteiger partial charge in [-0.25, -0.2) is 4.98 Å². The van der Waals surface area contributed by atoms with Crippen molar-refractivity contribution < 1.29 is 4.79 Å². The molecule has 0 aliphatic rings. The van der Waals surface area contributed by atoms with Gasteiger partial charge in [0.2, 0.25) is 0 Å². The summed E-state index contributed by atoms with van der Waals surface area (Å²) in [6.07, 6.45) is 1.81. The normalized spacial score (nSPS) is 11.9. The number of rotatable bonds is 6. The molecule has 0 saturated heterocycles. The molecule has 2 rings (SSSR count). The highest BCUT2D eigenvalue weighted by Crippen LogP contribution is 2.23. The SMILES string of the molecule is CCNC(=O)c1ccc(N)c(NCC(C)c2nccs2)c1. The van der Waals surface area contributed by atoms with Gasteiger partial charge in [-0.1, -0.05) is 6.92 Å². The first-order chi connectivity index (χ1) is 10.1. The fourth-order valence-corrected chi connectivity index (χ4v) is 2.64. The Labute approximate surface area is 128 Å². The van der Waals surface area contributed by atoms with E-state index >= 15 is 0 Å².